The summed E-state index contributed by atoms with van der Waals surface area (Å²) in [4.78, 5) is 11.0. The molecule has 0 radical (unpaired) electrons. The summed E-state index contributed by atoms with van der Waals surface area (Å²) in [5.74, 6) is -0.411. The molecule has 1 rings (SSSR count). The molecule has 2 nitrogen and oxygen atoms in total. The van der Waals surface area contributed by atoms with Crippen molar-refractivity contribution in [1.29, 1.82) is 0 Å². The Bertz CT molecular complexity index is 290. The van der Waals surface area contributed by atoms with Crippen LogP contribution >= 0.6 is 35.0 Å². The molecular formula is C6H2Cl3NO. The molecule has 11 heavy (non-hydrogen) atoms. The van der Waals surface area contributed by atoms with Gasteiger partial charge in [-0.15, -0.1) is 0 Å². The average Bonchev–Trinajstić information content (AvgIpc) is 1.96. The lowest BCUT2D eigenvalue weighted by Gasteiger charge is -2.03. The molecule has 0 saturated carbocycles. The minimum absolute atomic E-state index is 0.0249. The van der Waals surface area contributed by atoms with E-state index in [0.717, 1.165) is 0 Å². The molecule has 0 saturated heterocycles. The van der Waals surface area contributed by atoms with Crippen LogP contribution in [0.4, 0.5) is 0 Å². The van der Waals surface area contributed by atoms with Crippen LogP contribution < -0.4 is 0 Å². The molecule has 1 aliphatic carbocycles. The Morgan fingerprint density at radius 3 is 2.45 bits per heavy atom. The van der Waals surface area contributed by atoms with Crippen molar-refractivity contribution in [2.75, 3.05) is 0 Å². The van der Waals surface area contributed by atoms with E-state index in [-0.39, 0.29) is 10.7 Å². The van der Waals surface area contributed by atoms with Gasteiger partial charge in [0.05, 0.1) is 5.03 Å². The quantitative estimate of drug-likeness (QED) is 0.565. The van der Waals surface area contributed by atoms with E-state index in [0.29, 0.717) is 5.03 Å². The molecule has 0 fully saturated rings. The van der Waals surface area contributed by atoms with Gasteiger partial charge in [0, 0.05) is 16.8 Å². The SMILES string of the molecule is O=C1C(Cl)=CC(Cl)=CC1=NCl. The van der Waals surface area contributed by atoms with E-state index >= 15 is 0 Å². The van der Waals surface area contributed by atoms with Gasteiger partial charge in [0.15, 0.2) is 0 Å². The zero-order valence-electron chi connectivity index (χ0n) is 5.14. The number of rotatable bonds is 0. The molecule has 1 aliphatic rings. The van der Waals surface area contributed by atoms with Crippen LogP contribution in [0.5, 0.6) is 0 Å². The van der Waals surface area contributed by atoms with Gasteiger partial charge in [-0.2, -0.15) is 4.51 Å². The summed E-state index contributed by atoms with van der Waals surface area (Å²) in [5, 5.41) is 0.367. The summed E-state index contributed by atoms with van der Waals surface area (Å²) in [6, 6.07) is 0. The Morgan fingerprint density at radius 2 is 1.91 bits per heavy atom. The summed E-state index contributed by atoms with van der Waals surface area (Å²) in [6.07, 6.45) is 2.69. The smallest absolute Gasteiger partial charge is 0.223 e. The summed E-state index contributed by atoms with van der Waals surface area (Å²) in [7, 11) is 0. The van der Waals surface area contributed by atoms with Gasteiger partial charge in [0.1, 0.15) is 5.71 Å². The number of carbonyl (C=O) groups is 1. The second-order valence-corrected chi connectivity index (χ2v) is 2.83. The van der Waals surface area contributed by atoms with Gasteiger partial charge in [-0.1, -0.05) is 23.2 Å². The third-order valence-corrected chi connectivity index (χ3v) is 1.76. The molecule has 0 aromatic rings. The first kappa shape index (κ1) is 8.78. The van der Waals surface area contributed by atoms with Gasteiger partial charge >= 0.3 is 0 Å². The van der Waals surface area contributed by atoms with E-state index in [1.807, 2.05) is 0 Å². The van der Waals surface area contributed by atoms with Crippen LogP contribution in [0, 0.1) is 0 Å². The zero-order chi connectivity index (χ0) is 8.43. The normalized spacial score (nSPS) is 21.7. The molecule has 0 spiro atoms. The molecular weight excluding hydrogens is 208 g/mol. The summed E-state index contributed by atoms with van der Waals surface area (Å²) >= 11 is 16.1. The lowest BCUT2D eigenvalue weighted by Crippen LogP contribution is -2.14. The molecule has 0 unspecified atom stereocenters. The predicted octanol–water partition coefficient (Wildman–Crippen LogP) is 2.41. The maximum atomic E-state index is 11.0. The van der Waals surface area contributed by atoms with Gasteiger partial charge in [-0.3, -0.25) is 4.79 Å². The fraction of sp³-hybridized carbons (Fsp3) is 0. The third-order valence-electron chi connectivity index (χ3n) is 1.08. The van der Waals surface area contributed by atoms with Gasteiger partial charge < -0.3 is 0 Å². The number of carbonyl (C=O) groups excluding carboxylic acids is 1. The molecule has 0 aliphatic heterocycles. The van der Waals surface area contributed by atoms with E-state index in [1.165, 1.54) is 12.2 Å². The first-order valence-electron chi connectivity index (χ1n) is 2.63. The topological polar surface area (TPSA) is 29.4 Å². The standard InChI is InChI=1S/C6H2Cl3NO/c7-3-1-4(8)6(11)5(2-3)10-9/h1-2H. The molecule has 0 heterocycles. The van der Waals surface area contributed by atoms with Gasteiger partial charge in [0.25, 0.3) is 0 Å². The number of halogens is 3. The monoisotopic (exact) mass is 209 g/mol. The zero-order valence-corrected chi connectivity index (χ0v) is 7.41. The molecule has 0 atom stereocenters. The van der Waals surface area contributed by atoms with E-state index < -0.39 is 5.78 Å². The number of nitrogens with zero attached hydrogens (tertiary/aromatic N) is 1. The molecule has 0 bridgehead atoms. The van der Waals surface area contributed by atoms with Crippen LogP contribution in [0.2, 0.25) is 0 Å². The van der Waals surface area contributed by atoms with E-state index in [1.54, 1.807) is 0 Å². The average molecular weight is 210 g/mol. The van der Waals surface area contributed by atoms with Crippen molar-refractivity contribution in [3.8, 4) is 0 Å². The highest BCUT2D eigenvalue weighted by molar-refractivity contribution is 6.64. The second-order valence-electron chi connectivity index (χ2n) is 1.82. The highest BCUT2D eigenvalue weighted by Gasteiger charge is 2.17. The Kier molecular flexibility index (Phi) is 2.71. The van der Waals surface area contributed by atoms with Gasteiger partial charge in [0.2, 0.25) is 5.78 Å². The fourth-order valence-electron chi connectivity index (χ4n) is 0.610. The number of ketones is 1. The molecule has 0 aromatic carbocycles. The van der Waals surface area contributed by atoms with Crippen LogP contribution in [-0.4, -0.2) is 11.5 Å². The maximum absolute atomic E-state index is 11.0. The number of allylic oxidation sites excluding steroid dienone is 4. The highest BCUT2D eigenvalue weighted by atomic mass is 35.5. The van der Waals surface area contributed by atoms with Crippen molar-refractivity contribution in [1.82, 2.24) is 0 Å². The lowest BCUT2D eigenvalue weighted by molar-refractivity contribution is -0.109. The largest absolute Gasteiger partial charge is 0.286 e. The Labute approximate surface area is 78.3 Å². The van der Waals surface area contributed by atoms with Crippen molar-refractivity contribution in [2.24, 2.45) is 4.51 Å². The molecule has 0 amide bonds. The maximum Gasteiger partial charge on any atom is 0.223 e. The van der Waals surface area contributed by atoms with Crippen LogP contribution in [0.25, 0.3) is 0 Å². The van der Waals surface area contributed by atoms with E-state index in [4.69, 9.17) is 35.0 Å². The van der Waals surface area contributed by atoms with Crippen molar-refractivity contribution >= 4 is 46.5 Å². The van der Waals surface area contributed by atoms with Crippen molar-refractivity contribution < 1.29 is 4.79 Å². The predicted molar refractivity (Wildman–Crippen MR) is 46.2 cm³/mol. The summed E-state index contributed by atoms with van der Waals surface area (Å²) < 4.78 is 3.18. The molecule has 58 valence electrons. The lowest BCUT2D eigenvalue weighted by atomic mass is 10.1. The highest BCUT2D eigenvalue weighted by Crippen LogP contribution is 2.18. The molecule has 0 aromatic heterocycles. The second kappa shape index (κ2) is 3.39. The number of Topliss-reactive ketones (excluding diaryl/α,β-unsaturated/α-hetero) is 1. The summed E-state index contributed by atoms with van der Waals surface area (Å²) in [5.41, 5.74) is 0.0594. The molecule has 5 heteroatoms. The van der Waals surface area contributed by atoms with Gasteiger partial charge in [-0.05, 0) is 12.2 Å². The molecule has 0 N–H and O–H groups in total. The van der Waals surface area contributed by atoms with Crippen LogP contribution in [0.3, 0.4) is 0 Å². The fourth-order valence-corrected chi connectivity index (χ4v) is 1.22. The van der Waals surface area contributed by atoms with E-state index in [2.05, 4.69) is 4.51 Å². The van der Waals surface area contributed by atoms with E-state index in [9.17, 15) is 4.79 Å². The number of hydrogen-bond acceptors (Lipinski definition) is 2. The van der Waals surface area contributed by atoms with Crippen molar-refractivity contribution in [3.63, 3.8) is 0 Å². The first-order chi connectivity index (χ1) is 5.15. The Balaban J connectivity index is 3.10. The van der Waals surface area contributed by atoms with Crippen molar-refractivity contribution in [3.05, 3.63) is 22.2 Å². The summed E-state index contributed by atoms with van der Waals surface area (Å²) in [6.45, 7) is 0. The number of hydrogen-bond donors (Lipinski definition) is 0. The van der Waals surface area contributed by atoms with Crippen LogP contribution in [-0.2, 0) is 4.79 Å². The minimum atomic E-state index is -0.411. The van der Waals surface area contributed by atoms with Crippen LogP contribution in [0.15, 0.2) is 26.7 Å². The first-order valence-corrected chi connectivity index (χ1v) is 3.72. The minimum Gasteiger partial charge on any atom is -0.286 e. The van der Waals surface area contributed by atoms with Crippen molar-refractivity contribution in [2.45, 2.75) is 0 Å². The van der Waals surface area contributed by atoms with Gasteiger partial charge in [-0.25, -0.2) is 0 Å². The Morgan fingerprint density at radius 1 is 1.27 bits per heavy atom. The Hall–Kier alpha value is -0.310. The third kappa shape index (κ3) is 1.83. The van der Waals surface area contributed by atoms with Crippen LogP contribution in [0.1, 0.15) is 0 Å².